The summed E-state index contributed by atoms with van der Waals surface area (Å²) >= 11 is 2.56. The predicted octanol–water partition coefficient (Wildman–Crippen LogP) is 2.39. The lowest BCUT2D eigenvalue weighted by molar-refractivity contribution is -0.117. The number of carbonyl (C=O) groups is 2. The summed E-state index contributed by atoms with van der Waals surface area (Å²) in [5, 5.41) is 16.4. The molecule has 7 nitrogen and oxygen atoms in total. The average Bonchev–Trinajstić information content (AvgIpc) is 2.99. The molecule has 0 aliphatic rings. The number of aromatic nitrogens is 2. The molecule has 1 aromatic carbocycles. The van der Waals surface area contributed by atoms with E-state index >= 15 is 0 Å². The number of hydrogen-bond acceptors (Lipinski definition) is 7. The highest BCUT2D eigenvalue weighted by Gasteiger charge is 2.10. The van der Waals surface area contributed by atoms with E-state index in [0.717, 1.165) is 5.69 Å². The molecule has 0 unspecified atom stereocenters. The normalized spacial score (nSPS) is 9.91. The molecule has 0 radical (unpaired) electrons. The van der Waals surface area contributed by atoms with Gasteiger partial charge in [0, 0.05) is 12.2 Å². The monoisotopic (exact) mass is 349 g/mol. The fourth-order valence-corrected chi connectivity index (χ4v) is 3.03. The number of para-hydroxylation sites is 1. The minimum absolute atomic E-state index is 0.0848. The molecule has 0 spiro atoms. The number of urea groups is 1. The minimum Gasteiger partial charge on any atom is -0.334 e. The van der Waals surface area contributed by atoms with Gasteiger partial charge in [0.15, 0.2) is 4.34 Å². The lowest BCUT2D eigenvalue weighted by Crippen LogP contribution is -2.40. The van der Waals surface area contributed by atoms with Gasteiger partial charge in [-0.1, -0.05) is 47.4 Å². The van der Waals surface area contributed by atoms with E-state index in [1.165, 1.54) is 29.2 Å². The van der Waals surface area contributed by atoms with Crippen LogP contribution in [0.25, 0.3) is 0 Å². The molecule has 9 heteroatoms. The summed E-state index contributed by atoms with van der Waals surface area (Å²) in [6.07, 6.45) is 1.53. The highest BCUT2D eigenvalue weighted by molar-refractivity contribution is 8.01. The molecular formula is C14H15N5O2S2. The number of amides is 3. The molecule has 0 saturated carbocycles. The number of nitrogens with one attached hydrogen (secondary N) is 3. The van der Waals surface area contributed by atoms with E-state index in [2.05, 4.69) is 32.7 Å². The number of nitrogens with zero attached hydrogens (tertiary/aromatic N) is 2. The zero-order chi connectivity index (χ0) is 16.5. The number of benzene rings is 1. The first kappa shape index (κ1) is 17.0. The second-order valence-corrected chi connectivity index (χ2v) is 6.40. The van der Waals surface area contributed by atoms with Gasteiger partial charge in [-0.05, 0) is 12.1 Å². The summed E-state index contributed by atoms with van der Waals surface area (Å²) in [7, 11) is 0. The van der Waals surface area contributed by atoms with Crippen LogP contribution in [0.15, 0.2) is 47.3 Å². The Morgan fingerprint density at radius 2 is 2.04 bits per heavy atom. The molecule has 1 heterocycles. The Hall–Kier alpha value is -2.39. The number of thioether (sulfide) groups is 1. The van der Waals surface area contributed by atoms with E-state index in [0.29, 0.717) is 16.0 Å². The highest BCUT2D eigenvalue weighted by Crippen LogP contribution is 2.27. The molecule has 3 N–H and O–H groups in total. The number of hydrogen-bond donors (Lipinski definition) is 3. The molecular weight excluding hydrogens is 334 g/mol. The van der Waals surface area contributed by atoms with Gasteiger partial charge in [-0.15, -0.1) is 16.8 Å². The van der Waals surface area contributed by atoms with Crippen LogP contribution in [0.2, 0.25) is 0 Å². The van der Waals surface area contributed by atoms with Gasteiger partial charge < -0.3 is 10.6 Å². The number of imide groups is 1. The number of rotatable bonds is 7. The van der Waals surface area contributed by atoms with Crippen LogP contribution in [0.5, 0.6) is 0 Å². The van der Waals surface area contributed by atoms with Crippen LogP contribution >= 0.6 is 23.1 Å². The second-order valence-electron chi connectivity index (χ2n) is 4.20. The maximum atomic E-state index is 11.6. The summed E-state index contributed by atoms with van der Waals surface area (Å²) in [4.78, 5) is 22.9. The topological polar surface area (TPSA) is 96.0 Å². The van der Waals surface area contributed by atoms with Crippen molar-refractivity contribution in [2.45, 2.75) is 4.34 Å². The van der Waals surface area contributed by atoms with Crippen molar-refractivity contribution in [3.63, 3.8) is 0 Å². The Balaban J connectivity index is 1.77. The predicted molar refractivity (Wildman–Crippen MR) is 92.1 cm³/mol. The number of carbonyl (C=O) groups excluding carboxylic acids is 2. The second kappa shape index (κ2) is 8.91. The summed E-state index contributed by atoms with van der Waals surface area (Å²) in [6, 6.07) is 9.06. The summed E-state index contributed by atoms with van der Waals surface area (Å²) < 4.78 is 0.644. The van der Waals surface area contributed by atoms with E-state index in [4.69, 9.17) is 0 Å². The largest absolute Gasteiger partial charge is 0.334 e. The van der Waals surface area contributed by atoms with Crippen molar-refractivity contribution in [3.05, 3.63) is 43.0 Å². The van der Waals surface area contributed by atoms with Crippen LogP contribution in [0, 0.1) is 0 Å². The van der Waals surface area contributed by atoms with E-state index in [1.54, 1.807) is 0 Å². The summed E-state index contributed by atoms with van der Waals surface area (Å²) in [6.45, 7) is 3.77. The highest BCUT2D eigenvalue weighted by atomic mass is 32.2. The lowest BCUT2D eigenvalue weighted by atomic mass is 10.3. The molecule has 23 heavy (non-hydrogen) atoms. The van der Waals surface area contributed by atoms with Gasteiger partial charge in [0.2, 0.25) is 11.0 Å². The van der Waals surface area contributed by atoms with E-state index in [9.17, 15) is 9.59 Å². The van der Waals surface area contributed by atoms with Crippen molar-refractivity contribution in [1.29, 1.82) is 0 Å². The van der Waals surface area contributed by atoms with Crippen LogP contribution in [-0.4, -0.2) is 34.4 Å². The molecule has 0 atom stereocenters. The fourth-order valence-electron chi connectivity index (χ4n) is 1.46. The number of anilines is 2. The SMILES string of the molecule is C=CCNC(=O)NC(=O)CSc1nnc(Nc2ccccc2)s1. The lowest BCUT2D eigenvalue weighted by Gasteiger charge is -2.03. The first-order chi connectivity index (χ1) is 11.2. The minimum atomic E-state index is -0.542. The van der Waals surface area contributed by atoms with E-state index in [-0.39, 0.29) is 5.75 Å². The van der Waals surface area contributed by atoms with Crippen LogP contribution in [0.1, 0.15) is 0 Å². The average molecular weight is 349 g/mol. The van der Waals surface area contributed by atoms with Gasteiger partial charge in [0.1, 0.15) is 0 Å². The van der Waals surface area contributed by atoms with E-state index in [1.807, 2.05) is 30.3 Å². The van der Waals surface area contributed by atoms with Crippen LogP contribution in [-0.2, 0) is 4.79 Å². The maximum Gasteiger partial charge on any atom is 0.321 e. The van der Waals surface area contributed by atoms with Gasteiger partial charge in [-0.2, -0.15) is 0 Å². The Bertz CT molecular complexity index is 675. The zero-order valence-electron chi connectivity index (χ0n) is 12.1. The zero-order valence-corrected chi connectivity index (χ0v) is 13.7. The standard InChI is InChI=1S/C14H15N5O2S2/c1-2-8-15-12(21)17-11(20)9-22-14-19-18-13(23-14)16-10-6-4-3-5-7-10/h2-7H,1,8-9H2,(H,16,18)(H2,15,17,20,21). The van der Waals surface area contributed by atoms with Crippen LogP contribution < -0.4 is 16.0 Å². The van der Waals surface area contributed by atoms with Crippen LogP contribution in [0.3, 0.4) is 0 Å². The third-order valence-corrected chi connectivity index (χ3v) is 4.39. The quantitative estimate of drug-likeness (QED) is 0.525. The van der Waals surface area contributed by atoms with Gasteiger partial charge in [-0.3, -0.25) is 10.1 Å². The van der Waals surface area contributed by atoms with Crippen molar-refractivity contribution in [2.75, 3.05) is 17.6 Å². The molecule has 0 aliphatic heterocycles. The molecule has 120 valence electrons. The van der Waals surface area contributed by atoms with Crippen LogP contribution in [0.4, 0.5) is 15.6 Å². The van der Waals surface area contributed by atoms with Gasteiger partial charge in [-0.25, -0.2) is 4.79 Å². The fraction of sp³-hybridized carbons (Fsp3) is 0.143. The summed E-state index contributed by atoms with van der Waals surface area (Å²) in [5.41, 5.74) is 0.914. The van der Waals surface area contributed by atoms with Crippen molar-refractivity contribution >= 4 is 45.9 Å². The van der Waals surface area contributed by atoms with Gasteiger partial charge >= 0.3 is 6.03 Å². The molecule has 3 amide bonds. The molecule has 0 bridgehead atoms. The molecule has 0 saturated heterocycles. The van der Waals surface area contributed by atoms with E-state index < -0.39 is 11.9 Å². The molecule has 2 rings (SSSR count). The van der Waals surface area contributed by atoms with Gasteiger partial charge in [0.05, 0.1) is 5.75 Å². The Labute approximate surface area is 141 Å². The smallest absolute Gasteiger partial charge is 0.321 e. The first-order valence-corrected chi connectivity index (χ1v) is 8.44. The Kier molecular flexibility index (Phi) is 6.57. The van der Waals surface area contributed by atoms with Crippen molar-refractivity contribution in [2.24, 2.45) is 0 Å². The molecule has 0 aliphatic carbocycles. The molecule has 0 fully saturated rings. The molecule has 2 aromatic rings. The Morgan fingerprint density at radius 1 is 1.26 bits per heavy atom. The van der Waals surface area contributed by atoms with Crippen molar-refractivity contribution < 1.29 is 9.59 Å². The first-order valence-electron chi connectivity index (χ1n) is 6.64. The maximum absolute atomic E-state index is 11.6. The van der Waals surface area contributed by atoms with Crippen molar-refractivity contribution in [1.82, 2.24) is 20.8 Å². The summed E-state index contributed by atoms with van der Waals surface area (Å²) in [5.74, 6) is -0.314. The third kappa shape index (κ3) is 6.09. The third-order valence-electron chi connectivity index (χ3n) is 2.42. The molecule has 1 aromatic heterocycles. The van der Waals surface area contributed by atoms with Gasteiger partial charge in [0.25, 0.3) is 0 Å². The Morgan fingerprint density at radius 3 is 2.78 bits per heavy atom. The van der Waals surface area contributed by atoms with Crippen molar-refractivity contribution in [3.8, 4) is 0 Å².